The Hall–Kier alpha value is -1.94. The van der Waals surface area contributed by atoms with Crippen LogP contribution in [0.25, 0.3) is 12.2 Å². The monoisotopic (exact) mass is 348 g/mol. The molecule has 0 aliphatic carbocycles. The van der Waals surface area contributed by atoms with E-state index in [-0.39, 0.29) is 0 Å². The van der Waals surface area contributed by atoms with Crippen LogP contribution >= 0.6 is 15.9 Å². The minimum atomic E-state index is 0.696. The Kier molecular flexibility index (Phi) is 5.28. The zero-order valence-electron chi connectivity index (χ0n) is 12.2. The zero-order chi connectivity index (χ0) is 15.2. The number of halogens is 1. The molecule has 0 heterocycles. The Morgan fingerprint density at radius 3 is 2.00 bits per heavy atom. The zero-order valence-corrected chi connectivity index (χ0v) is 13.8. The maximum atomic E-state index is 5.43. The highest BCUT2D eigenvalue weighted by atomic mass is 79.9. The summed E-state index contributed by atoms with van der Waals surface area (Å²) in [7, 11) is 4.87. The lowest BCUT2D eigenvalue weighted by atomic mass is 10.1. The van der Waals surface area contributed by atoms with Crippen molar-refractivity contribution >= 4 is 28.1 Å². The molecular formula is C17H17BrO3. The van der Waals surface area contributed by atoms with E-state index < -0.39 is 0 Å². The van der Waals surface area contributed by atoms with E-state index >= 15 is 0 Å². The summed E-state index contributed by atoms with van der Waals surface area (Å²) in [6.45, 7) is 0. The maximum absolute atomic E-state index is 5.43. The molecule has 0 N–H and O–H groups in total. The molecular weight excluding hydrogens is 332 g/mol. The van der Waals surface area contributed by atoms with Crippen molar-refractivity contribution in [1.82, 2.24) is 0 Å². The van der Waals surface area contributed by atoms with Crippen molar-refractivity contribution in [2.45, 2.75) is 0 Å². The molecule has 0 amide bonds. The van der Waals surface area contributed by atoms with Gasteiger partial charge in [-0.15, -0.1) is 0 Å². The van der Waals surface area contributed by atoms with Crippen LogP contribution in [0, 0.1) is 0 Å². The van der Waals surface area contributed by atoms with E-state index in [1.54, 1.807) is 21.3 Å². The number of rotatable bonds is 5. The highest BCUT2D eigenvalue weighted by Gasteiger charge is 2.10. The number of benzene rings is 2. The number of hydrogen-bond acceptors (Lipinski definition) is 3. The maximum Gasteiger partial charge on any atom is 0.133 e. The van der Waals surface area contributed by atoms with E-state index in [4.69, 9.17) is 14.2 Å². The number of ether oxygens (including phenoxy) is 3. The molecule has 0 fully saturated rings. The second kappa shape index (κ2) is 7.18. The van der Waals surface area contributed by atoms with Crippen molar-refractivity contribution in [3.8, 4) is 17.2 Å². The molecule has 0 aliphatic rings. The van der Waals surface area contributed by atoms with Gasteiger partial charge in [-0.1, -0.05) is 40.2 Å². The first-order valence-corrected chi connectivity index (χ1v) is 7.21. The second-order valence-electron chi connectivity index (χ2n) is 4.30. The molecule has 0 spiro atoms. The normalized spacial score (nSPS) is 10.7. The lowest BCUT2D eigenvalue weighted by molar-refractivity contribution is 0.374. The van der Waals surface area contributed by atoms with Crippen molar-refractivity contribution < 1.29 is 14.2 Å². The fraction of sp³-hybridized carbons (Fsp3) is 0.176. The first-order valence-electron chi connectivity index (χ1n) is 6.42. The first-order chi connectivity index (χ1) is 10.2. The molecule has 110 valence electrons. The van der Waals surface area contributed by atoms with E-state index in [1.165, 1.54) is 0 Å². The standard InChI is InChI=1S/C17H17BrO3/c1-19-13-10-16(20-2)14(17(11-13)21-3)9-8-12-6-4-5-7-15(12)18/h4-11H,1-3H3/b9-8-. The topological polar surface area (TPSA) is 27.7 Å². The highest BCUT2D eigenvalue weighted by Crippen LogP contribution is 2.35. The quantitative estimate of drug-likeness (QED) is 0.736. The van der Waals surface area contributed by atoms with Crippen LogP contribution in [0.4, 0.5) is 0 Å². The van der Waals surface area contributed by atoms with Gasteiger partial charge >= 0.3 is 0 Å². The van der Waals surface area contributed by atoms with Crippen molar-refractivity contribution in [2.75, 3.05) is 21.3 Å². The van der Waals surface area contributed by atoms with Crippen LogP contribution < -0.4 is 14.2 Å². The molecule has 0 unspecified atom stereocenters. The van der Waals surface area contributed by atoms with Gasteiger partial charge in [-0.2, -0.15) is 0 Å². The van der Waals surface area contributed by atoms with E-state index in [2.05, 4.69) is 15.9 Å². The third kappa shape index (κ3) is 3.58. The van der Waals surface area contributed by atoms with E-state index in [0.717, 1.165) is 15.6 Å². The van der Waals surface area contributed by atoms with Gasteiger partial charge in [-0.05, 0) is 17.7 Å². The van der Waals surface area contributed by atoms with E-state index in [1.807, 2.05) is 48.6 Å². The van der Waals surface area contributed by atoms with Gasteiger partial charge in [0.1, 0.15) is 17.2 Å². The predicted molar refractivity (Wildman–Crippen MR) is 89.2 cm³/mol. The average molecular weight is 349 g/mol. The van der Waals surface area contributed by atoms with Crippen molar-refractivity contribution in [3.63, 3.8) is 0 Å². The van der Waals surface area contributed by atoms with Gasteiger partial charge < -0.3 is 14.2 Å². The van der Waals surface area contributed by atoms with Crippen molar-refractivity contribution in [1.29, 1.82) is 0 Å². The summed E-state index contributed by atoms with van der Waals surface area (Å²) >= 11 is 3.53. The Labute approximate surface area is 133 Å². The Bertz CT molecular complexity index is 625. The molecule has 0 aliphatic heterocycles. The molecule has 4 heteroatoms. The number of methoxy groups -OCH3 is 3. The second-order valence-corrected chi connectivity index (χ2v) is 5.15. The molecule has 0 saturated heterocycles. The average Bonchev–Trinajstić information content (AvgIpc) is 2.53. The lowest BCUT2D eigenvalue weighted by Crippen LogP contribution is -1.94. The van der Waals surface area contributed by atoms with Crippen LogP contribution in [-0.2, 0) is 0 Å². The van der Waals surface area contributed by atoms with Crippen LogP contribution in [0.2, 0.25) is 0 Å². The fourth-order valence-corrected chi connectivity index (χ4v) is 2.40. The van der Waals surface area contributed by atoms with Crippen LogP contribution in [0.3, 0.4) is 0 Å². The fourth-order valence-electron chi connectivity index (χ4n) is 1.98. The van der Waals surface area contributed by atoms with Crippen LogP contribution in [0.1, 0.15) is 11.1 Å². The number of hydrogen-bond donors (Lipinski definition) is 0. The molecule has 2 rings (SSSR count). The van der Waals surface area contributed by atoms with Crippen LogP contribution in [-0.4, -0.2) is 21.3 Å². The smallest absolute Gasteiger partial charge is 0.133 e. The Balaban J connectivity index is 2.45. The third-order valence-electron chi connectivity index (χ3n) is 3.09. The summed E-state index contributed by atoms with van der Waals surface area (Å²) in [5.74, 6) is 2.10. The molecule has 21 heavy (non-hydrogen) atoms. The van der Waals surface area contributed by atoms with Crippen LogP contribution in [0.15, 0.2) is 40.9 Å². The molecule has 2 aromatic rings. The summed E-state index contributed by atoms with van der Waals surface area (Å²) in [6, 6.07) is 11.7. The largest absolute Gasteiger partial charge is 0.496 e. The minimum absolute atomic E-state index is 0.696. The summed E-state index contributed by atoms with van der Waals surface area (Å²) in [5.41, 5.74) is 1.95. The van der Waals surface area contributed by atoms with Gasteiger partial charge in [-0.25, -0.2) is 0 Å². The van der Waals surface area contributed by atoms with Gasteiger partial charge in [0.15, 0.2) is 0 Å². The van der Waals surface area contributed by atoms with Crippen molar-refractivity contribution in [3.05, 3.63) is 52.0 Å². The molecule has 0 bridgehead atoms. The molecule has 0 aromatic heterocycles. The molecule has 0 radical (unpaired) electrons. The van der Waals surface area contributed by atoms with Gasteiger partial charge in [-0.3, -0.25) is 0 Å². The lowest BCUT2D eigenvalue weighted by Gasteiger charge is -2.12. The van der Waals surface area contributed by atoms with Gasteiger partial charge in [0.25, 0.3) is 0 Å². The van der Waals surface area contributed by atoms with E-state index in [0.29, 0.717) is 17.2 Å². The van der Waals surface area contributed by atoms with Gasteiger partial charge in [0, 0.05) is 16.6 Å². The first kappa shape index (κ1) is 15.4. The predicted octanol–water partition coefficient (Wildman–Crippen LogP) is 4.65. The highest BCUT2D eigenvalue weighted by molar-refractivity contribution is 9.10. The Morgan fingerprint density at radius 2 is 1.48 bits per heavy atom. The third-order valence-corrected chi connectivity index (χ3v) is 3.81. The summed E-state index contributed by atoms with van der Waals surface area (Å²) in [4.78, 5) is 0. The Morgan fingerprint density at radius 1 is 0.857 bits per heavy atom. The van der Waals surface area contributed by atoms with Crippen LogP contribution in [0.5, 0.6) is 17.2 Å². The SMILES string of the molecule is COc1cc(OC)c(/C=C\c2ccccc2Br)c(OC)c1. The molecule has 3 nitrogen and oxygen atoms in total. The molecule has 2 aromatic carbocycles. The minimum Gasteiger partial charge on any atom is -0.496 e. The van der Waals surface area contributed by atoms with Crippen molar-refractivity contribution in [2.24, 2.45) is 0 Å². The summed E-state index contributed by atoms with van der Waals surface area (Å²) in [5, 5.41) is 0. The van der Waals surface area contributed by atoms with E-state index in [9.17, 15) is 0 Å². The summed E-state index contributed by atoms with van der Waals surface area (Å²) in [6.07, 6.45) is 3.98. The summed E-state index contributed by atoms with van der Waals surface area (Å²) < 4.78 is 17.1. The molecule has 0 atom stereocenters. The van der Waals surface area contributed by atoms with Gasteiger partial charge in [0.05, 0.1) is 26.9 Å². The van der Waals surface area contributed by atoms with Gasteiger partial charge in [0.2, 0.25) is 0 Å². The molecule has 0 saturated carbocycles.